The van der Waals surface area contributed by atoms with Crippen molar-refractivity contribution in [2.45, 2.75) is 30.8 Å². The van der Waals surface area contributed by atoms with Crippen LogP contribution in [-0.4, -0.2) is 16.5 Å². The average molecular weight is 231 g/mol. The summed E-state index contributed by atoms with van der Waals surface area (Å²) in [4.78, 5) is 1.15. The summed E-state index contributed by atoms with van der Waals surface area (Å²) < 4.78 is 0. The van der Waals surface area contributed by atoms with Gasteiger partial charge in [0.05, 0.1) is 5.60 Å². The van der Waals surface area contributed by atoms with Gasteiger partial charge in [0, 0.05) is 15.7 Å². The Morgan fingerprint density at radius 1 is 1.43 bits per heavy atom. The van der Waals surface area contributed by atoms with Gasteiger partial charge in [0.25, 0.3) is 0 Å². The molecule has 0 aliphatic rings. The fourth-order valence-corrected chi connectivity index (χ4v) is 2.45. The van der Waals surface area contributed by atoms with E-state index in [-0.39, 0.29) is 0 Å². The molecule has 1 nitrogen and oxygen atoms in total. The van der Waals surface area contributed by atoms with Crippen molar-refractivity contribution in [1.29, 1.82) is 0 Å². The Morgan fingerprint density at radius 2 is 2.14 bits per heavy atom. The second-order valence-electron chi connectivity index (χ2n) is 3.87. The van der Waals surface area contributed by atoms with E-state index in [9.17, 15) is 5.11 Å². The maximum absolute atomic E-state index is 9.51. The molecule has 0 aromatic heterocycles. The quantitative estimate of drug-likeness (QED) is 0.798. The lowest BCUT2D eigenvalue weighted by Crippen LogP contribution is -2.18. The van der Waals surface area contributed by atoms with E-state index in [1.165, 1.54) is 0 Å². The first kappa shape index (κ1) is 11.9. The van der Waals surface area contributed by atoms with Gasteiger partial charge in [0.15, 0.2) is 0 Å². The molecule has 0 aliphatic carbocycles. The predicted octanol–water partition coefficient (Wildman–Crippen LogP) is 3.59. The van der Waals surface area contributed by atoms with Gasteiger partial charge in [-0.2, -0.15) is 0 Å². The van der Waals surface area contributed by atoms with Crippen LogP contribution < -0.4 is 0 Å². The molecule has 0 bridgehead atoms. The molecule has 0 saturated heterocycles. The molecule has 0 atom stereocenters. The fourth-order valence-electron chi connectivity index (χ4n) is 0.975. The van der Waals surface area contributed by atoms with E-state index in [2.05, 4.69) is 0 Å². The molecule has 0 spiro atoms. The van der Waals surface area contributed by atoms with E-state index >= 15 is 0 Å². The molecule has 1 rings (SSSR count). The number of halogens is 1. The number of hydrogen-bond donors (Lipinski definition) is 1. The van der Waals surface area contributed by atoms with Gasteiger partial charge in [-0.25, -0.2) is 0 Å². The lowest BCUT2D eigenvalue weighted by atomic mass is 10.1. The van der Waals surface area contributed by atoms with Crippen molar-refractivity contribution < 1.29 is 5.11 Å². The van der Waals surface area contributed by atoms with E-state index in [1.54, 1.807) is 11.8 Å². The topological polar surface area (TPSA) is 20.2 Å². The zero-order chi connectivity index (χ0) is 10.6. The molecule has 3 heteroatoms. The lowest BCUT2D eigenvalue weighted by molar-refractivity contribution is 0.0778. The molecule has 0 aliphatic heterocycles. The third kappa shape index (κ3) is 4.89. The van der Waals surface area contributed by atoms with E-state index in [0.717, 1.165) is 22.1 Å². The Bertz CT molecular complexity index is 294. The van der Waals surface area contributed by atoms with E-state index in [0.29, 0.717) is 0 Å². The van der Waals surface area contributed by atoms with Crippen LogP contribution in [0.3, 0.4) is 0 Å². The molecule has 1 N–H and O–H groups in total. The number of aliphatic hydroxyl groups is 1. The summed E-state index contributed by atoms with van der Waals surface area (Å²) in [5.41, 5.74) is -0.578. The summed E-state index contributed by atoms with van der Waals surface area (Å²) in [6.07, 6.45) is 0.782. The van der Waals surface area contributed by atoms with Crippen molar-refractivity contribution in [2.75, 3.05) is 5.75 Å². The minimum Gasteiger partial charge on any atom is -0.390 e. The molecule has 0 fully saturated rings. The molecule has 1 aromatic carbocycles. The van der Waals surface area contributed by atoms with Crippen LogP contribution >= 0.6 is 23.4 Å². The first-order valence-electron chi connectivity index (χ1n) is 4.58. The maximum Gasteiger partial charge on any atom is 0.0599 e. The monoisotopic (exact) mass is 230 g/mol. The predicted molar refractivity (Wildman–Crippen MR) is 63.1 cm³/mol. The van der Waals surface area contributed by atoms with E-state index in [4.69, 9.17) is 11.6 Å². The smallest absolute Gasteiger partial charge is 0.0599 e. The van der Waals surface area contributed by atoms with Crippen LogP contribution in [0, 0.1) is 0 Å². The third-order valence-corrected chi connectivity index (χ3v) is 3.01. The minimum absolute atomic E-state index is 0.578. The van der Waals surface area contributed by atoms with Crippen LogP contribution in [-0.2, 0) is 0 Å². The van der Waals surface area contributed by atoms with Crippen LogP contribution in [0.1, 0.15) is 20.3 Å². The minimum atomic E-state index is -0.578. The maximum atomic E-state index is 9.51. The Balaban J connectivity index is 2.39. The molecule has 14 heavy (non-hydrogen) atoms. The van der Waals surface area contributed by atoms with E-state index < -0.39 is 5.60 Å². The fraction of sp³-hybridized carbons (Fsp3) is 0.455. The Hall–Kier alpha value is -0.180. The van der Waals surface area contributed by atoms with Gasteiger partial charge in [-0.1, -0.05) is 17.7 Å². The Labute approximate surface area is 94.5 Å². The van der Waals surface area contributed by atoms with Crippen molar-refractivity contribution in [3.63, 3.8) is 0 Å². The Kier molecular flexibility index (Phi) is 4.30. The Morgan fingerprint density at radius 3 is 2.71 bits per heavy atom. The highest BCUT2D eigenvalue weighted by atomic mass is 35.5. The summed E-state index contributed by atoms with van der Waals surface area (Å²) >= 11 is 7.57. The van der Waals surface area contributed by atoms with Crippen molar-refractivity contribution in [1.82, 2.24) is 0 Å². The third-order valence-electron chi connectivity index (χ3n) is 1.78. The molecular formula is C11H15ClOS. The molecule has 0 heterocycles. The van der Waals surface area contributed by atoms with Crippen molar-refractivity contribution in [3.05, 3.63) is 29.3 Å². The average Bonchev–Trinajstić information content (AvgIpc) is 2.01. The number of benzene rings is 1. The molecule has 0 amide bonds. The summed E-state index contributed by atoms with van der Waals surface area (Å²) in [7, 11) is 0. The molecule has 0 unspecified atom stereocenters. The van der Waals surface area contributed by atoms with Gasteiger partial charge in [0.2, 0.25) is 0 Å². The lowest BCUT2D eigenvalue weighted by Gasteiger charge is -2.16. The van der Waals surface area contributed by atoms with Crippen LogP contribution in [0.25, 0.3) is 0 Å². The van der Waals surface area contributed by atoms with Crippen molar-refractivity contribution in [2.24, 2.45) is 0 Å². The van der Waals surface area contributed by atoms with Crippen molar-refractivity contribution in [3.8, 4) is 0 Å². The summed E-state index contributed by atoms with van der Waals surface area (Å²) in [5, 5.41) is 10.3. The highest BCUT2D eigenvalue weighted by molar-refractivity contribution is 7.99. The highest BCUT2D eigenvalue weighted by Gasteiger charge is 2.11. The second kappa shape index (κ2) is 5.06. The van der Waals surface area contributed by atoms with Crippen LogP contribution in [0.5, 0.6) is 0 Å². The molecule has 1 aromatic rings. The van der Waals surface area contributed by atoms with Crippen molar-refractivity contribution >= 4 is 23.4 Å². The van der Waals surface area contributed by atoms with Gasteiger partial charge < -0.3 is 5.11 Å². The molecule has 78 valence electrons. The largest absolute Gasteiger partial charge is 0.390 e. The summed E-state index contributed by atoms with van der Waals surface area (Å²) in [6, 6.07) is 7.77. The number of rotatable bonds is 4. The van der Waals surface area contributed by atoms with Gasteiger partial charge >= 0.3 is 0 Å². The van der Waals surface area contributed by atoms with Crippen LogP contribution in [0.2, 0.25) is 5.02 Å². The van der Waals surface area contributed by atoms with E-state index in [1.807, 2.05) is 38.1 Å². The molecule has 0 radical (unpaired) electrons. The SMILES string of the molecule is CC(C)(O)CCSc1cccc(Cl)c1. The summed E-state index contributed by atoms with van der Waals surface area (Å²) in [5.74, 6) is 0.907. The second-order valence-corrected chi connectivity index (χ2v) is 5.47. The van der Waals surface area contributed by atoms with Gasteiger partial charge in [-0.05, 0) is 38.5 Å². The van der Waals surface area contributed by atoms with Crippen LogP contribution in [0.15, 0.2) is 29.2 Å². The molecular weight excluding hydrogens is 216 g/mol. The zero-order valence-corrected chi connectivity index (χ0v) is 10.0. The summed E-state index contributed by atoms with van der Waals surface area (Å²) in [6.45, 7) is 3.65. The van der Waals surface area contributed by atoms with Gasteiger partial charge in [-0.3, -0.25) is 0 Å². The first-order chi connectivity index (χ1) is 6.47. The zero-order valence-electron chi connectivity index (χ0n) is 8.46. The van der Waals surface area contributed by atoms with Gasteiger partial charge in [0.1, 0.15) is 0 Å². The molecule has 0 saturated carbocycles. The highest BCUT2D eigenvalue weighted by Crippen LogP contribution is 2.24. The standard InChI is InChI=1S/C11H15ClOS/c1-11(2,13)6-7-14-10-5-3-4-9(12)8-10/h3-5,8,13H,6-7H2,1-2H3. The first-order valence-corrected chi connectivity index (χ1v) is 5.94. The number of hydrogen-bond acceptors (Lipinski definition) is 2. The normalized spacial score (nSPS) is 11.7. The number of thioether (sulfide) groups is 1. The van der Waals surface area contributed by atoms with Gasteiger partial charge in [-0.15, -0.1) is 11.8 Å². The van der Waals surface area contributed by atoms with Crippen LogP contribution in [0.4, 0.5) is 0 Å².